The van der Waals surface area contributed by atoms with Crippen molar-refractivity contribution in [3.8, 4) is 0 Å². The van der Waals surface area contributed by atoms with E-state index in [4.69, 9.17) is 0 Å². The SMILES string of the molecule is C=C(C)C[C@H](NC(=O)[C@H](C)NC)C(=O)N(CC=O)C(=O)[C@@H](Cc1ccccc1)NC. The molecule has 8 heteroatoms. The van der Waals surface area contributed by atoms with Crippen molar-refractivity contribution < 1.29 is 19.2 Å². The van der Waals surface area contributed by atoms with Crippen molar-refractivity contribution in [2.45, 2.75) is 44.8 Å². The van der Waals surface area contributed by atoms with Gasteiger partial charge in [-0.2, -0.15) is 0 Å². The third kappa shape index (κ3) is 7.53. The van der Waals surface area contributed by atoms with E-state index in [1.165, 1.54) is 0 Å². The highest BCUT2D eigenvalue weighted by atomic mass is 16.2. The zero-order valence-electron chi connectivity index (χ0n) is 18.1. The number of hydrogen-bond acceptors (Lipinski definition) is 6. The molecule has 1 rings (SSSR count). The van der Waals surface area contributed by atoms with Gasteiger partial charge in [0.15, 0.2) is 0 Å². The van der Waals surface area contributed by atoms with Crippen molar-refractivity contribution in [1.29, 1.82) is 0 Å². The average molecular weight is 417 g/mol. The molecule has 0 saturated carbocycles. The number of carbonyl (C=O) groups excluding carboxylic acids is 4. The summed E-state index contributed by atoms with van der Waals surface area (Å²) in [6.45, 7) is 6.79. The van der Waals surface area contributed by atoms with E-state index in [0.717, 1.165) is 10.5 Å². The summed E-state index contributed by atoms with van der Waals surface area (Å²) in [5.41, 5.74) is 1.58. The lowest BCUT2D eigenvalue weighted by Gasteiger charge is -2.29. The standard InChI is InChI=1S/C22H32N4O4/c1-15(2)13-19(25-20(28)16(3)23-4)22(30)26(11-12-27)21(29)18(24-5)14-17-9-7-6-8-10-17/h6-10,12,16,18-19,23-24H,1,11,13-14H2,2-5H3,(H,25,28)/t16-,18+,19-/m0/s1. The lowest BCUT2D eigenvalue weighted by Crippen LogP contribution is -2.57. The average Bonchev–Trinajstić information content (AvgIpc) is 2.74. The molecule has 0 spiro atoms. The molecule has 0 unspecified atom stereocenters. The molecule has 0 saturated heterocycles. The van der Waals surface area contributed by atoms with Crippen LogP contribution in [0.1, 0.15) is 25.8 Å². The summed E-state index contributed by atoms with van der Waals surface area (Å²) in [6.07, 6.45) is 1.01. The molecule has 0 aliphatic rings. The number of amides is 3. The van der Waals surface area contributed by atoms with E-state index >= 15 is 0 Å². The van der Waals surface area contributed by atoms with Gasteiger partial charge in [0.05, 0.1) is 18.6 Å². The largest absolute Gasteiger partial charge is 0.343 e. The molecule has 0 aliphatic heterocycles. The molecule has 0 aliphatic carbocycles. The molecule has 0 heterocycles. The van der Waals surface area contributed by atoms with Crippen LogP contribution in [0, 0.1) is 0 Å². The van der Waals surface area contributed by atoms with Crippen LogP contribution in [0.4, 0.5) is 0 Å². The highest BCUT2D eigenvalue weighted by molar-refractivity contribution is 6.03. The summed E-state index contributed by atoms with van der Waals surface area (Å²) in [5, 5.41) is 8.38. The second-order valence-electron chi connectivity index (χ2n) is 7.22. The van der Waals surface area contributed by atoms with E-state index in [9.17, 15) is 19.2 Å². The number of aldehydes is 1. The molecule has 3 N–H and O–H groups in total. The van der Waals surface area contributed by atoms with Crippen LogP contribution in [0.15, 0.2) is 42.5 Å². The van der Waals surface area contributed by atoms with E-state index in [2.05, 4.69) is 22.5 Å². The monoisotopic (exact) mass is 416 g/mol. The minimum atomic E-state index is -0.996. The Bertz CT molecular complexity index is 751. The molecule has 1 aromatic rings. The van der Waals surface area contributed by atoms with E-state index < -0.39 is 36.5 Å². The van der Waals surface area contributed by atoms with Gasteiger partial charge in [0, 0.05) is 0 Å². The van der Waals surface area contributed by atoms with Crippen LogP contribution in [-0.2, 0) is 25.6 Å². The summed E-state index contributed by atoms with van der Waals surface area (Å²) in [6, 6.07) is 7.14. The second kappa shape index (κ2) is 12.7. The third-order valence-corrected chi connectivity index (χ3v) is 4.71. The fourth-order valence-electron chi connectivity index (χ4n) is 2.88. The van der Waals surface area contributed by atoms with Crippen LogP contribution >= 0.6 is 0 Å². The topological polar surface area (TPSA) is 108 Å². The minimum Gasteiger partial charge on any atom is -0.343 e. The summed E-state index contributed by atoms with van der Waals surface area (Å²) in [7, 11) is 3.25. The molecular formula is C22H32N4O4. The molecule has 0 aromatic heterocycles. The molecular weight excluding hydrogens is 384 g/mol. The Balaban J connectivity index is 3.09. The van der Waals surface area contributed by atoms with Crippen molar-refractivity contribution in [2.24, 2.45) is 0 Å². The first-order valence-corrected chi connectivity index (χ1v) is 9.87. The van der Waals surface area contributed by atoms with Crippen LogP contribution in [0.3, 0.4) is 0 Å². The summed E-state index contributed by atoms with van der Waals surface area (Å²) < 4.78 is 0. The number of carbonyl (C=O) groups is 4. The second-order valence-corrected chi connectivity index (χ2v) is 7.22. The number of rotatable bonds is 12. The van der Waals surface area contributed by atoms with Gasteiger partial charge in [0.25, 0.3) is 5.91 Å². The van der Waals surface area contributed by atoms with Crippen LogP contribution in [0.2, 0.25) is 0 Å². The Hall–Kier alpha value is -2.84. The Morgan fingerprint density at radius 3 is 2.17 bits per heavy atom. The predicted molar refractivity (Wildman–Crippen MR) is 116 cm³/mol. The third-order valence-electron chi connectivity index (χ3n) is 4.71. The fourth-order valence-corrected chi connectivity index (χ4v) is 2.88. The number of nitrogens with zero attached hydrogens (tertiary/aromatic N) is 1. The lowest BCUT2D eigenvalue weighted by atomic mass is 10.0. The van der Waals surface area contributed by atoms with Gasteiger partial charge in [0.2, 0.25) is 11.8 Å². The van der Waals surface area contributed by atoms with Gasteiger partial charge in [-0.25, -0.2) is 0 Å². The van der Waals surface area contributed by atoms with Crippen LogP contribution < -0.4 is 16.0 Å². The Morgan fingerprint density at radius 2 is 1.67 bits per heavy atom. The van der Waals surface area contributed by atoms with Gasteiger partial charge >= 0.3 is 0 Å². The normalized spacial score (nSPS) is 13.6. The predicted octanol–water partition coefficient (Wildman–Crippen LogP) is 0.430. The number of imide groups is 1. The summed E-state index contributed by atoms with van der Waals surface area (Å²) in [4.78, 5) is 50.7. The molecule has 0 fully saturated rings. The van der Waals surface area contributed by atoms with E-state index in [1.54, 1.807) is 27.9 Å². The molecule has 164 valence electrons. The van der Waals surface area contributed by atoms with Crippen molar-refractivity contribution in [3.05, 3.63) is 48.0 Å². The molecule has 3 amide bonds. The number of hydrogen-bond donors (Lipinski definition) is 3. The zero-order chi connectivity index (χ0) is 22.7. The van der Waals surface area contributed by atoms with Gasteiger partial charge in [-0.1, -0.05) is 35.9 Å². The highest BCUT2D eigenvalue weighted by Crippen LogP contribution is 2.11. The number of nitrogens with one attached hydrogen (secondary N) is 3. The van der Waals surface area contributed by atoms with Gasteiger partial charge in [-0.3, -0.25) is 19.3 Å². The van der Waals surface area contributed by atoms with Gasteiger partial charge in [-0.05, 0) is 46.3 Å². The fraction of sp³-hybridized carbons (Fsp3) is 0.455. The zero-order valence-corrected chi connectivity index (χ0v) is 18.1. The van der Waals surface area contributed by atoms with E-state index in [-0.39, 0.29) is 12.3 Å². The first-order valence-electron chi connectivity index (χ1n) is 9.87. The van der Waals surface area contributed by atoms with Crippen molar-refractivity contribution in [1.82, 2.24) is 20.9 Å². The molecule has 3 atom stereocenters. The first kappa shape index (κ1) is 25.2. The van der Waals surface area contributed by atoms with Crippen molar-refractivity contribution >= 4 is 24.0 Å². The number of benzene rings is 1. The van der Waals surface area contributed by atoms with E-state index in [0.29, 0.717) is 18.3 Å². The molecule has 0 radical (unpaired) electrons. The molecule has 30 heavy (non-hydrogen) atoms. The Morgan fingerprint density at radius 1 is 1.07 bits per heavy atom. The smallest absolute Gasteiger partial charge is 0.252 e. The van der Waals surface area contributed by atoms with Crippen LogP contribution in [0.5, 0.6) is 0 Å². The maximum Gasteiger partial charge on any atom is 0.252 e. The molecule has 1 aromatic carbocycles. The quantitative estimate of drug-likeness (QED) is 0.337. The summed E-state index contributed by atoms with van der Waals surface area (Å²) in [5.74, 6) is -1.55. The van der Waals surface area contributed by atoms with Gasteiger partial charge in [-0.15, -0.1) is 6.58 Å². The first-order chi connectivity index (χ1) is 14.2. The Kier molecular flexibility index (Phi) is 10.6. The van der Waals surface area contributed by atoms with Gasteiger partial charge < -0.3 is 20.7 Å². The number of likely N-dealkylation sites (N-methyl/N-ethyl adjacent to an activating group) is 2. The van der Waals surface area contributed by atoms with Crippen molar-refractivity contribution in [3.63, 3.8) is 0 Å². The highest BCUT2D eigenvalue weighted by Gasteiger charge is 2.33. The van der Waals surface area contributed by atoms with E-state index in [1.807, 2.05) is 30.3 Å². The van der Waals surface area contributed by atoms with Crippen LogP contribution in [0.25, 0.3) is 0 Å². The maximum atomic E-state index is 13.2. The minimum absolute atomic E-state index is 0.159. The Labute approximate surface area is 178 Å². The summed E-state index contributed by atoms with van der Waals surface area (Å²) >= 11 is 0. The maximum absolute atomic E-state index is 13.2. The molecule has 8 nitrogen and oxygen atoms in total. The van der Waals surface area contributed by atoms with Gasteiger partial charge in [0.1, 0.15) is 12.3 Å². The lowest BCUT2D eigenvalue weighted by molar-refractivity contribution is -0.149. The molecule has 0 bridgehead atoms. The van der Waals surface area contributed by atoms with Crippen LogP contribution in [-0.4, -0.2) is 67.7 Å². The van der Waals surface area contributed by atoms with Crippen molar-refractivity contribution in [2.75, 3.05) is 20.6 Å².